The van der Waals surface area contributed by atoms with Crippen molar-refractivity contribution in [1.82, 2.24) is 0 Å². The zero-order valence-corrected chi connectivity index (χ0v) is 9.43. The summed E-state index contributed by atoms with van der Waals surface area (Å²) >= 11 is 2.23. The predicted octanol–water partition coefficient (Wildman–Crippen LogP) is 0.625. The predicted molar refractivity (Wildman–Crippen MR) is 64.0 cm³/mol. The maximum atomic E-state index is 11.5. The average Bonchev–Trinajstić information content (AvgIpc) is 2.19. The number of hydrogen-bond donors (Lipinski definition) is 1. The van der Waals surface area contributed by atoms with Crippen molar-refractivity contribution in [2.24, 2.45) is 15.7 Å². The van der Waals surface area contributed by atoms with E-state index in [2.05, 4.69) is 32.6 Å². The van der Waals surface area contributed by atoms with Crippen LogP contribution in [0.15, 0.2) is 33.8 Å². The van der Waals surface area contributed by atoms with Gasteiger partial charge >= 0.3 is 0 Å². The van der Waals surface area contributed by atoms with Gasteiger partial charge in [-0.05, 0) is 6.08 Å². The van der Waals surface area contributed by atoms with Crippen molar-refractivity contribution >= 4 is 40.0 Å². The second-order valence-electron chi connectivity index (χ2n) is 2.92. The maximum absolute atomic E-state index is 11.5. The van der Waals surface area contributed by atoms with Crippen molar-refractivity contribution in [2.45, 2.75) is 3.92 Å². The molecule has 0 aromatic heterocycles. The molecule has 4 nitrogen and oxygen atoms in total. The molecule has 1 heterocycles. The molecular formula is C9H8IN3O. The summed E-state index contributed by atoms with van der Waals surface area (Å²) in [6.07, 6.45) is 5.68. The molecule has 5 heteroatoms. The van der Waals surface area contributed by atoms with Gasteiger partial charge in [0.25, 0.3) is 5.91 Å². The van der Waals surface area contributed by atoms with Crippen LogP contribution in [-0.4, -0.2) is 27.9 Å². The number of amides is 1. The number of nitrogens with zero attached hydrogens (tertiary/aromatic N) is 2. The molecule has 0 radical (unpaired) electrons. The number of nitrogens with two attached hydrogens (primary N) is 1. The molecule has 0 fully saturated rings. The molecule has 0 saturated carbocycles. The number of fused-ring (bicyclic) bond motifs is 1. The Morgan fingerprint density at radius 3 is 3.00 bits per heavy atom. The molecule has 1 aliphatic carbocycles. The number of allylic oxidation sites excluding steroid dienone is 3. The van der Waals surface area contributed by atoms with Crippen molar-refractivity contribution < 1.29 is 4.79 Å². The van der Waals surface area contributed by atoms with Gasteiger partial charge in [-0.2, -0.15) is 4.99 Å². The summed E-state index contributed by atoms with van der Waals surface area (Å²) in [6.45, 7) is 0.198. The van der Waals surface area contributed by atoms with Crippen LogP contribution < -0.4 is 5.73 Å². The highest BCUT2D eigenvalue weighted by Crippen LogP contribution is 2.19. The normalized spacial score (nSPS) is 25.1. The zero-order chi connectivity index (χ0) is 10.1. The monoisotopic (exact) mass is 301 g/mol. The van der Waals surface area contributed by atoms with Crippen molar-refractivity contribution in [3.63, 3.8) is 0 Å². The third kappa shape index (κ3) is 1.69. The van der Waals surface area contributed by atoms with E-state index in [1.54, 1.807) is 0 Å². The fourth-order valence-electron chi connectivity index (χ4n) is 1.28. The Balaban J connectivity index is 2.42. The van der Waals surface area contributed by atoms with E-state index in [0.29, 0.717) is 17.1 Å². The first-order valence-corrected chi connectivity index (χ1v) is 5.40. The molecule has 0 aromatic carbocycles. The fourth-order valence-corrected chi connectivity index (χ4v) is 1.85. The summed E-state index contributed by atoms with van der Waals surface area (Å²) in [6, 6.07) is 0. The second-order valence-corrected chi connectivity index (χ2v) is 4.36. The molecule has 0 spiro atoms. The molecule has 1 unspecified atom stereocenters. The lowest BCUT2D eigenvalue weighted by Crippen LogP contribution is -2.25. The summed E-state index contributed by atoms with van der Waals surface area (Å²) in [5.74, 6) is 0.167. The average molecular weight is 301 g/mol. The molecule has 72 valence electrons. The SMILES string of the molecule is NCC1=NC(=O)C2=CC(I)C=CC2=N1. The van der Waals surface area contributed by atoms with Gasteiger partial charge < -0.3 is 5.73 Å². The van der Waals surface area contributed by atoms with Crippen molar-refractivity contribution in [3.8, 4) is 0 Å². The zero-order valence-electron chi connectivity index (χ0n) is 7.27. The molecular weight excluding hydrogens is 293 g/mol. The highest BCUT2D eigenvalue weighted by atomic mass is 127. The molecule has 1 atom stereocenters. The van der Waals surface area contributed by atoms with Crippen molar-refractivity contribution in [1.29, 1.82) is 0 Å². The first-order valence-electron chi connectivity index (χ1n) is 4.16. The number of amidine groups is 1. The van der Waals surface area contributed by atoms with Crippen LogP contribution in [-0.2, 0) is 4.79 Å². The van der Waals surface area contributed by atoms with E-state index < -0.39 is 0 Å². The van der Waals surface area contributed by atoms with Crippen LogP contribution >= 0.6 is 22.6 Å². The van der Waals surface area contributed by atoms with Gasteiger partial charge in [-0.1, -0.05) is 34.7 Å². The minimum Gasteiger partial charge on any atom is -0.324 e. The van der Waals surface area contributed by atoms with E-state index in [4.69, 9.17) is 5.73 Å². The molecule has 0 aromatic rings. The van der Waals surface area contributed by atoms with E-state index in [1.165, 1.54) is 0 Å². The third-order valence-corrected chi connectivity index (χ3v) is 2.71. The smallest absolute Gasteiger partial charge is 0.280 e. The van der Waals surface area contributed by atoms with Crippen LogP contribution in [0, 0.1) is 0 Å². The van der Waals surface area contributed by atoms with Gasteiger partial charge in [0, 0.05) is 3.92 Å². The van der Waals surface area contributed by atoms with Gasteiger partial charge in [0.15, 0.2) is 0 Å². The summed E-state index contributed by atoms with van der Waals surface area (Å²) < 4.78 is 0.236. The van der Waals surface area contributed by atoms with Gasteiger partial charge in [-0.25, -0.2) is 4.99 Å². The number of alkyl halides is 1. The number of hydrogen-bond acceptors (Lipinski definition) is 3. The second kappa shape index (κ2) is 3.74. The summed E-state index contributed by atoms with van der Waals surface area (Å²) in [7, 11) is 0. The van der Waals surface area contributed by atoms with Crippen LogP contribution in [0.3, 0.4) is 0 Å². The van der Waals surface area contributed by atoms with Gasteiger partial charge in [0.1, 0.15) is 5.84 Å². The molecule has 2 rings (SSSR count). The lowest BCUT2D eigenvalue weighted by atomic mass is 10.0. The number of rotatable bonds is 1. The molecule has 14 heavy (non-hydrogen) atoms. The standard InChI is InChI=1S/C9H8IN3O/c10-5-1-2-7-6(3-5)9(14)13-8(4-11)12-7/h1-3,5H,4,11H2. The highest BCUT2D eigenvalue weighted by Gasteiger charge is 2.22. The summed E-state index contributed by atoms with van der Waals surface area (Å²) in [5, 5.41) is 0. The van der Waals surface area contributed by atoms with Crippen LogP contribution in [0.4, 0.5) is 0 Å². The van der Waals surface area contributed by atoms with Crippen LogP contribution in [0.2, 0.25) is 0 Å². The van der Waals surface area contributed by atoms with Gasteiger partial charge in [-0.3, -0.25) is 4.79 Å². The quantitative estimate of drug-likeness (QED) is 0.570. The maximum Gasteiger partial charge on any atom is 0.280 e. The lowest BCUT2D eigenvalue weighted by Gasteiger charge is -2.15. The van der Waals surface area contributed by atoms with E-state index in [1.807, 2.05) is 18.2 Å². The van der Waals surface area contributed by atoms with E-state index in [9.17, 15) is 4.79 Å². The molecule has 2 aliphatic rings. The van der Waals surface area contributed by atoms with Crippen molar-refractivity contribution in [3.05, 3.63) is 23.8 Å². The van der Waals surface area contributed by atoms with Crippen LogP contribution in [0.5, 0.6) is 0 Å². The largest absolute Gasteiger partial charge is 0.324 e. The van der Waals surface area contributed by atoms with Crippen LogP contribution in [0.25, 0.3) is 0 Å². The van der Waals surface area contributed by atoms with Crippen LogP contribution in [0.1, 0.15) is 0 Å². The number of carbonyl (C=O) groups is 1. The first-order chi connectivity index (χ1) is 6.70. The van der Waals surface area contributed by atoms with Gasteiger partial charge in [-0.15, -0.1) is 0 Å². The Morgan fingerprint density at radius 2 is 2.29 bits per heavy atom. The lowest BCUT2D eigenvalue weighted by molar-refractivity contribution is -0.113. The number of carbonyl (C=O) groups excluding carboxylic acids is 1. The third-order valence-electron chi connectivity index (χ3n) is 1.93. The minimum absolute atomic E-state index is 0.198. The summed E-state index contributed by atoms with van der Waals surface area (Å²) in [5.41, 5.74) is 6.65. The number of halogens is 1. The molecule has 2 N–H and O–H groups in total. The van der Waals surface area contributed by atoms with Gasteiger partial charge in [0.2, 0.25) is 0 Å². The Morgan fingerprint density at radius 1 is 1.50 bits per heavy atom. The minimum atomic E-state index is -0.235. The topological polar surface area (TPSA) is 67.8 Å². The Kier molecular flexibility index (Phi) is 2.60. The molecule has 0 saturated heterocycles. The first kappa shape index (κ1) is 9.72. The van der Waals surface area contributed by atoms with Crippen molar-refractivity contribution in [2.75, 3.05) is 6.54 Å². The Bertz CT molecular complexity index is 406. The molecule has 1 amide bonds. The Labute approximate surface area is 94.8 Å². The molecule has 1 aliphatic heterocycles. The Hall–Kier alpha value is -0.820. The van der Waals surface area contributed by atoms with E-state index in [0.717, 1.165) is 0 Å². The number of aliphatic imine (C=N–C) groups is 2. The van der Waals surface area contributed by atoms with E-state index in [-0.39, 0.29) is 16.4 Å². The summed E-state index contributed by atoms with van der Waals surface area (Å²) in [4.78, 5) is 19.5. The molecule has 0 bridgehead atoms. The van der Waals surface area contributed by atoms with Gasteiger partial charge in [0.05, 0.1) is 17.8 Å². The highest BCUT2D eigenvalue weighted by molar-refractivity contribution is 14.1. The fraction of sp³-hybridized carbons (Fsp3) is 0.222. The van der Waals surface area contributed by atoms with E-state index >= 15 is 0 Å².